The van der Waals surface area contributed by atoms with Crippen LogP contribution in [0, 0.1) is 6.92 Å². The van der Waals surface area contributed by atoms with Crippen molar-refractivity contribution in [2.24, 2.45) is 0 Å². The van der Waals surface area contributed by atoms with Crippen molar-refractivity contribution >= 4 is 21.5 Å². The summed E-state index contributed by atoms with van der Waals surface area (Å²) in [6, 6.07) is 6.82. The fourth-order valence-corrected chi connectivity index (χ4v) is 2.64. The summed E-state index contributed by atoms with van der Waals surface area (Å²) in [4.78, 5) is 10.4. The Morgan fingerprint density at radius 3 is 2.56 bits per heavy atom. The smallest absolute Gasteiger partial charge is 0.435 e. The molecule has 1 saturated heterocycles. The maximum atomic E-state index is 10.4. The van der Waals surface area contributed by atoms with E-state index >= 15 is 0 Å². The number of carbonyl (C=O) groups is 1. The molecule has 86 valence electrons. The molecule has 1 aromatic rings. The number of rotatable bonds is 1. The summed E-state index contributed by atoms with van der Waals surface area (Å²) < 4.78 is 5.21. The molecule has 1 N–H and O–H groups in total. The molecule has 0 unspecified atom stereocenters. The number of aryl methyl sites for hydroxylation is 1. The van der Waals surface area contributed by atoms with Gasteiger partial charge in [-0.25, -0.2) is 4.79 Å². The minimum Gasteiger partial charge on any atom is -0.503 e. The maximum Gasteiger partial charge on any atom is 0.435 e. The second-order valence-electron chi connectivity index (χ2n) is 3.85. The summed E-state index contributed by atoms with van der Waals surface area (Å²) in [5.74, 6) is -0.872. The summed E-state index contributed by atoms with van der Waals surface area (Å²) in [6.45, 7) is 2.93. The van der Waals surface area contributed by atoms with Crippen molar-refractivity contribution in [2.45, 2.75) is 25.0 Å². The Labute approximate surface area is 102 Å². The van der Waals surface area contributed by atoms with Crippen molar-refractivity contribution < 1.29 is 13.7 Å². The Morgan fingerprint density at radius 2 is 2.25 bits per heavy atom. The molecule has 2 rings (SSSR count). The van der Waals surface area contributed by atoms with Gasteiger partial charge < -0.3 is 8.90 Å². The van der Waals surface area contributed by atoms with Crippen LogP contribution in [-0.2, 0) is 3.79 Å². The van der Waals surface area contributed by atoms with Gasteiger partial charge in [0.1, 0.15) is 0 Å². The van der Waals surface area contributed by atoms with Gasteiger partial charge in [0.05, 0.1) is 5.56 Å². The van der Waals surface area contributed by atoms with Gasteiger partial charge in [0.2, 0.25) is 0 Å². The molecule has 0 atom stereocenters. The Kier molecular flexibility index (Phi) is 6.17. The number of carboxylic acid groups (broad SMARTS) is 1. The van der Waals surface area contributed by atoms with E-state index in [1.54, 1.807) is 18.2 Å². The standard InChI is InChI=1S/C8H8O2.C4H8O.Al.H/c1-6-3-2-4-7(5-6)8(9)10;1-2-3-4-5;;/h2-5H,1H3,(H,9,10);1-4H2;;/q;-1;+1;. The zero-order chi connectivity index (χ0) is 11.8. The Morgan fingerprint density at radius 1 is 1.44 bits per heavy atom. The van der Waals surface area contributed by atoms with Crippen molar-refractivity contribution in [2.75, 3.05) is 6.61 Å². The van der Waals surface area contributed by atoms with Crippen LogP contribution in [0.2, 0.25) is 5.28 Å². The van der Waals surface area contributed by atoms with Crippen LogP contribution in [0.25, 0.3) is 0 Å². The fraction of sp³-hybridized carbons (Fsp3) is 0.417. The van der Waals surface area contributed by atoms with Gasteiger partial charge in [-0.15, -0.1) is 0 Å². The summed E-state index contributed by atoms with van der Waals surface area (Å²) in [5, 5.41) is 9.93. The molecule has 1 aromatic carbocycles. The first kappa shape index (κ1) is 13.2. The quantitative estimate of drug-likeness (QED) is 0.761. The van der Waals surface area contributed by atoms with Crippen LogP contribution in [0.3, 0.4) is 0 Å². The van der Waals surface area contributed by atoms with E-state index in [0.29, 0.717) is 5.56 Å². The van der Waals surface area contributed by atoms with E-state index in [1.807, 2.05) is 13.0 Å². The predicted molar refractivity (Wildman–Crippen MR) is 65.3 cm³/mol. The third-order valence-electron chi connectivity index (χ3n) is 2.34. The molecule has 1 aliphatic heterocycles. The van der Waals surface area contributed by atoms with Gasteiger partial charge >= 0.3 is 21.5 Å². The van der Waals surface area contributed by atoms with E-state index in [2.05, 4.69) is 0 Å². The highest BCUT2D eigenvalue weighted by Crippen LogP contribution is 2.02. The highest BCUT2D eigenvalue weighted by Gasteiger charge is 2.00. The predicted octanol–water partition coefficient (Wildman–Crippen LogP) is 2.26. The van der Waals surface area contributed by atoms with Crippen molar-refractivity contribution in [1.82, 2.24) is 0 Å². The average molecular weight is 236 g/mol. The van der Waals surface area contributed by atoms with Gasteiger partial charge in [-0.1, -0.05) is 29.4 Å². The third kappa shape index (κ3) is 5.32. The molecular weight excluding hydrogens is 219 g/mol. The molecule has 16 heavy (non-hydrogen) atoms. The number of hydrogen-bond donors (Lipinski definition) is 1. The highest BCUT2D eigenvalue weighted by molar-refractivity contribution is 6.27. The second kappa shape index (κ2) is 7.45. The molecule has 0 aromatic heterocycles. The highest BCUT2D eigenvalue weighted by atomic mass is 27.1. The Hall–Kier alpha value is -0.818. The Balaban J connectivity index is 0.000000181. The van der Waals surface area contributed by atoms with Crippen molar-refractivity contribution in [1.29, 1.82) is 0 Å². The molecule has 0 spiro atoms. The fourth-order valence-electron chi connectivity index (χ4n) is 1.47. The van der Waals surface area contributed by atoms with Crippen LogP contribution in [0.5, 0.6) is 0 Å². The number of aromatic carboxylic acids is 1. The monoisotopic (exact) mass is 236 g/mol. The van der Waals surface area contributed by atoms with Gasteiger partial charge in [-0.05, 0) is 25.5 Å². The summed E-state index contributed by atoms with van der Waals surface area (Å²) in [7, 11) is 0. The lowest BCUT2D eigenvalue weighted by Gasteiger charge is -2.06. The van der Waals surface area contributed by atoms with Crippen LogP contribution in [0.4, 0.5) is 0 Å². The lowest BCUT2D eigenvalue weighted by atomic mass is 10.1. The number of benzene rings is 1. The van der Waals surface area contributed by atoms with Crippen LogP contribution in [-0.4, -0.2) is 33.2 Å². The van der Waals surface area contributed by atoms with E-state index in [-0.39, 0.29) is 15.6 Å². The lowest BCUT2D eigenvalue weighted by molar-refractivity contribution is 0.0697. The van der Waals surface area contributed by atoms with Gasteiger partial charge in [0.25, 0.3) is 0 Å². The van der Waals surface area contributed by atoms with Gasteiger partial charge in [0.15, 0.2) is 0 Å². The topological polar surface area (TPSA) is 46.5 Å². The van der Waals surface area contributed by atoms with Gasteiger partial charge in [0, 0.05) is 6.61 Å². The molecule has 0 aliphatic carbocycles. The SMILES string of the molecule is C1C[CH2][AlH][O]C1.Cc1cccc(C(=O)O)c1. The first-order valence-electron chi connectivity index (χ1n) is 5.58. The minimum absolute atomic E-state index is 0.00849. The van der Waals surface area contributed by atoms with Gasteiger partial charge in [-0.3, -0.25) is 0 Å². The largest absolute Gasteiger partial charge is 0.503 e. The zero-order valence-electron chi connectivity index (χ0n) is 9.61. The van der Waals surface area contributed by atoms with Crippen molar-refractivity contribution in [3.63, 3.8) is 0 Å². The minimum atomic E-state index is -0.872. The van der Waals surface area contributed by atoms with E-state index in [0.717, 1.165) is 12.2 Å². The molecule has 0 saturated carbocycles. The normalized spacial score (nSPS) is 14.3. The van der Waals surface area contributed by atoms with E-state index in [4.69, 9.17) is 8.90 Å². The third-order valence-corrected chi connectivity index (χ3v) is 3.71. The molecule has 0 bridgehead atoms. The number of hydrogen-bond acceptors (Lipinski definition) is 2. The molecule has 1 fully saturated rings. The van der Waals surface area contributed by atoms with E-state index < -0.39 is 5.97 Å². The first-order valence-corrected chi connectivity index (χ1v) is 7.15. The van der Waals surface area contributed by atoms with Gasteiger partial charge in [-0.2, -0.15) is 0 Å². The molecule has 0 radical (unpaired) electrons. The summed E-state index contributed by atoms with van der Waals surface area (Å²) in [6.07, 6.45) is 2.75. The van der Waals surface area contributed by atoms with Crippen LogP contribution in [0.15, 0.2) is 24.3 Å². The molecule has 3 nitrogen and oxygen atoms in total. The lowest BCUT2D eigenvalue weighted by Crippen LogP contribution is -2.06. The van der Waals surface area contributed by atoms with Crippen molar-refractivity contribution in [3.8, 4) is 0 Å². The average Bonchev–Trinajstić information content (AvgIpc) is 2.32. The molecule has 4 heteroatoms. The van der Waals surface area contributed by atoms with E-state index in [9.17, 15) is 4.79 Å². The van der Waals surface area contributed by atoms with Crippen molar-refractivity contribution in [3.05, 3.63) is 35.4 Å². The number of carboxylic acids is 1. The molecule has 0 amide bonds. The molecule has 1 heterocycles. The summed E-state index contributed by atoms with van der Waals surface area (Å²) >= 11 is 0.00849. The Bertz CT molecular complexity index is 323. The van der Waals surface area contributed by atoms with Crippen LogP contribution < -0.4 is 0 Å². The molecular formula is C12H17AlO3. The second-order valence-corrected chi connectivity index (χ2v) is 5.37. The first-order chi connectivity index (χ1) is 7.70. The zero-order valence-corrected chi connectivity index (χ0v) is 11.0. The maximum absolute atomic E-state index is 10.4. The van der Waals surface area contributed by atoms with E-state index in [1.165, 1.54) is 18.1 Å². The van der Waals surface area contributed by atoms with Crippen LogP contribution in [0.1, 0.15) is 28.8 Å². The molecule has 1 aliphatic rings. The summed E-state index contributed by atoms with van der Waals surface area (Å²) in [5.41, 5.74) is 1.32. The van der Waals surface area contributed by atoms with Crippen LogP contribution >= 0.6 is 0 Å².